The fourth-order valence-corrected chi connectivity index (χ4v) is 1.66. The van der Waals surface area contributed by atoms with Gasteiger partial charge in [0.25, 0.3) is 5.91 Å². The van der Waals surface area contributed by atoms with Crippen LogP contribution in [0.4, 0.5) is 0 Å². The lowest BCUT2D eigenvalue weighted by Crippen LogP contribution is -2.30. The minimum Gasteiger partial charge on any atom is -0.490 e. The summed E-state index contributed by atoms with van der Waals surface area (Å²) in [5.41, 5.74) is 0.493. The summed E-state index contributed by atoms with van der Waals surface area (Å²) in [7, 11) is 0. The second-order valence-electron chi connectivity index (χ2n) is 5.03. The van der Waals surface area contributed by atoms with Gasteiger partial charge >= 0.3 is 0 Å². The number of rotatable bonds is 8. The van der Waals surface area contributed by atoms with Crippen molar-refractivity contribution in [3.05, 3.63) is 23.8 Å². The third-order valence-corrected chi connectivity index (χ3v) is 2.78. The number of carbonyl (C=O) groups excluding carboxylic acids is 1. The lowest BCUT2D eigenvalue weighted by molar-refractivity contribution is -0.123. The molecule has 5 heteroatoms. The molecule has 0 heterocycles. The fourth-order valence-electron chi connectivity index (χ4n) is 1.66. The highest BCUT2D eigenvalue weighted by Gasteiger charge is 2.09. The van der Waals surface area contributed by atoms with E-state index in [0.29, 0.717) is 36.1 Å². The molecule has 1 aromatic rings. The van der Waals surface area contributed by atoms with Gasteiger partial charge in [-0.1, -0.05) is 13.8 Å². The maximum Gasteiger partial charge on any atom is 0.257 e. The minimum atomic E-state index is -0.164. The van der Waals surface area contributed by atoms with E-state index >= 15 is 0 Å². The topological polar surface area (TPSA) is 71.3 Å². The Kier molecular flexibility index (Phi) is 7.10. The van der Waals surface area contributed by atoms with Crippen LogP contribution in [0.1, 0.15) is 32.8 Å². The first-order chi connectivity index (χ1) is 10.1. The summed E-state index contributed by atoms with van der Waals surface area (Å²) >= 11 is 0. The molecule has 0 fully saturated rings. The summed E-state index contributed by atoms with van der Waals surface area (Å²) in [6.07, 6.45) is 0.937. The molecule has 1 N–H and O–H groups in total. The van der Waals surface area contributed by atoms with Crippen molar-refractivity contribution in [1.82, 2.24) is 5.32 Å². The highest BCUT2D eigenvalue weighted by Crippen LogP contribution is 2.28. The fraction of sp³-hybridized carbons (Fsp3) is 0.500. The lowest BCUT2D eigenvalue weighted by Gasteiger charge is -2.12. The summed E-state index contributed by atoms with van der Waals surface area (Å²) in [6.45, 7) is 7.10. The monoisotopic (exact) mass is 290 g/mol. The van der Waals surface area contributed by atoms with E-state index in [1.807, 2.05) is 13.0 Å². The number of nitrogens with one attached hydrogen (secondary N) is 1. The van der Waals surface area contributed by atoms with Gasteiger partial charge in [0.1, 0.15) is 0 Å². The molecular weight excluding hydrogens is 268 g/mol. The molecule has 0 aliphatic heterocycles. The first-order valence-electron chi connectivity index (χ1n) is 7.13. The van der Waals surface area contributed by atoms with Crippen LogP contribution in [0.2, 0.25) is 0 Å². The van der Waals surface area contributed by atoms with Crippen LogP contribution in [0.5, 0.6) is 11.5 Å². The van der Waals surface area contributed by atoms with E-state index in [0.717, 1.165) is 6.42 Å². The normalized spacial score (nSPS) is 10.0. The van der Waals surface area contributed by atoms with E-state index in [9.17, 15) is 4.79 Å². The zero-order valence-electron chi connectivity index (χ0n) is 12.8. The van der Waals surface area contributed by atoms with Gasteiger partial charge in [-0.15, -0.1) is 0 Å². The molecule has 1 aromatic carbocycles. The van der Waals surface area contributed by atoms with Crippen LogP contribution >= 0.6 is 0 Å². The zero-order chi connectivity index (χ0) is 15.7. The minimum absolute atomic E-state index is 0.0654. The Hall–Kier alpha value is -2.22. The second-order valence-corrected chi connectivity index (χ2v) is 5.03. The zero-order valence-corrected chi connectivity index (χ0v) is 12.8. The van der Waals surface area contributed by atoms with Gasteiger partial charge in [0, 0.05) is 12.6 Å². The first kappa shape index (κ1) is 16.8. The molecule has 0 saturated heterocycles. The Labute approximate surface area is 125 Å². The van der Waals surface area contributed by atoms with E-state index in [1.165, 1.54) is 0 Å². The third-order valence-electron chi connectivity index (χ3n) is 2.78. The van der Waals surface area contributed by atoms with Gasteiger partial charge in [-0.2, -0.15) is 5.26 Å². The maximum absolute atomic E-state index is 11.7. The molecule has 0 aliphatic rings. The number of nitrogens with zero attached hydrogens (tertiary/aromatic N) is 1. The average molecular weight is 290 g/mol. The Morgan fingerprint density at radius 3 is 2.71 bits per heavy atom. The van der Waals surface area contributed by atoms with Crippen LogP contribution in [-0.4, -0.2) is 25.7 Å². The lowest BCUT2D eigenvalue weighted by atomic mass is 10.1. The van der Waals surface area contributed by atoms with Crippen molar-refractivity contribution in [3.8, 4) is 17.6 Å². The van der Waals surface area contributed by atoms with Crippen LogP contribution in [0, 0.1) is 17.2 Å². The Bertz CT molecular complexity index is 507. The van der Waals surface area contributed by atoms with Gasteiger partial charge in [-0.3, -0.25) is 4.79 Å². The second kappa shape index (κ2) is 8.85. The van der Waals surface area contributed by atoms with Gasteiger partial charge in [-0.25, -0.2) is 0 Å². The molecule has 21 heavy (non-hydrogen) atoms. The molecule has 0 radical (unpaired) electrons. The molecule has 0 unspecified atom stereocenters. The number of carbonyl (C=O) groups is 1. The van der Waals surface area contributed by atoms with Crippen molar-refractivity contribution in [2.45, 2.75) is 27.2 Å². The third kappa shape index (κ3) is 6.17. The molecule has 0 aliphatic carbocycles. The molecular formula is C16H22N2O3. The molecule has 1 amide bonds. The number of nitriles is 1. The Morgan fingerprint density at radius 2 is 2.10 bits per heavy atom. The van der Waals surface area contributed by atoms with Gasteiger partial charge in [0.05, 0.1) is 18.2 Å². The molecule has 0 aromatic heterocycles. The summed E-state index contributed by atoms with van der Waals surface area (Å²) in [5.74, 6) is 1.33. The maximum atomic E-state index is 11.7. The van der Waals surface area contributed by atoms with Crippen LogP contribution in [0.3, 0.4) is 0 Å². The van der Waals surface area contributed by atoms with Crippen molar-refractivity contribution in [1.29, 1.82) is 5.26 Å². The van der Waals surface area contributed by atoms with Crippen molar-refractivity contribution in [2.24, 2.45) is 5.92 Å². The highest BCUT2D eigenvalue weighted by atomic mass is 16.5. The number of hydrogen-bond donors (Lipinski definition) is 1. The number of hydrogen-bond acceptors (Lipinski definition) is 4. The summed E-state index contributed by atoms with van der Waals surface area (Å²) in [5, 5.41) is 11.7. The smallest absolute Gasteiger partial charge is 0.257 e. The van der Waals surface area contributed by atoms with Crippen molar-refractivity contribution >= 4 is 5.91 Å². The average Bonchev–Trinajstić information content (AvgIpc) is 2.45. The van der Waals surface area contributed by atoms with E-state index in [4.69, 9.17) is 14.7 Å². The quantitative estimate of drug-likeness (QED) is 0.798. The van der Waals surface area contributed by atoms with Gasteiger partial charge in [0.2, 0.25) is 0 Å². The summed E-state index contributed by atoms with van der Waals surface area (Å²) < 4.78 is 10.9. The standard InChI is InChI=1S/C16H22N2O3/c1-4-20-15-9-13(10-17)5-6-14(15)21-11-16(19)18-8-7-12(2)3/h5-6,9,12H,4,7-8,11H2,1-3H3,(H,18,19). The number of ether oxygens (including phenoxy) is 2. The molecule has 0 spiro atoms. The van der Waals surface area contributed by atoms with E-state index in [2.05, 4.69) is 19.2 Å². The van der Waals surface area contributed by atoms with Crippen LogP contribution in [-0.2, 0) is 4.79 Å². The van der Waals surface area contributed by atoms with Crippen molar-refractivity contribution in [3.63, 3.8) is 0 Å². The number of amides is 1. The van der Waals surface area contributed by atoms with E-state index in [-0.39, 0.29) is 12.5 Å². The number of benzene rings is 1. The Morgan fingerprint density at radius 1 is 1.33 bits per heavy atom. The Balaban J connectivity index is 2.54. The van der Waals surface area contributed by atoms with Crippen molar-refractivity contribution in [2.75, 3.05) is 19.8 Å². The molecule has 0 bridgehead atoms. The first-order valence-corrected chi connectivity index (χ1v) is 7.13. The molecule has 1 rings (SSSR count). The van der Waals surface area contributed by atoms with Crippen molar-refractivity contribution < 1.29 is 14.3 Å². The summed E-state index contributed by atoms with van der Waals surface area (Å²) in [4.78, 5) is 11.7. The van der Waals surface area contributed by atoms with Gasteiger partial charge in [0.15, 0.2) is 18.1 Å². The summed E-state index contributed by atoms with van der Waals surface area (Å²) in [6, 6.07) is 6.93. The molecule has 114 valence electrons. The molecule has 0 atom stereocenters. The largest absolute Gasteiger partial charge is 0.490 e. The van der Waals surface area contributed by atoms with E-state index < -0.39 is 0 Å². The predicted molar refractivity (Wildman–Crippen MR) is 80.3 cm³/mol. The van der Waals surface area contributed by atoms with Crippen LogP contribution < -0.4 is 14.8 Å². The van der Waals surface area contributed by atoms with Crippen LogP contribution in [0.25, 0.3) is 0 Å². The van der Waals surface area contributed by atoms with E-state index in [1.54, 1.807) is 18.2 Å². The molecule has 5 nitrogen and oxygen atoms in total. The molecule has 0 saturated carbocycles. The van der Waals surface area contributed by atoms with Gasteiger partial charge < -0.3 is 14.8 Å². The van der Waals surface area contributed by atoms with Crippen LogP contribution in [0.15, 0.2) is 18.2 Å². The predicted octanol–water partition coefficient (Wildman–Crippen LogP) is 2.50. The van der Waals surface area contributed by atoms with Gasteiger partial charge in [-0.05, 0) is 31.4 Å². The highest BCUT2D eigenvalue weighted by molar-refractivity contribution is 5.77. The SMILES string of the molecule is CCOc1cc(C#N)ccc1OCC(=O)NCCC(C)C.